The number of halogens is 1. The molecule has 26 heavy (non-hydrogen) atoms. The molecule has 0 radical (unpaired) electrons. The Hall–Kier alpha value is -2.52. The number of aromatic amines is 1. The summed E-state index contributed by atoms with van der Waals surface area (Å²) in [7, 11) is 0. The number of benzene rings is 2. The standard InChI is InChI=1S/C22H21ClN2O/c1-15-4-2-3-5-17(15)12-22(26)25-10-8-16(9-11-25)20-14-24-21-13-18(23)6-7-19(20)21/h2-8,13-14,24H,9-12H2,1H3. The summed E-state index contributed by atoms with van der Waals surface area (Å²) in [6.07, 6.45) is 5.56. The maximum Gasteiger partial charge on any atom is 0.227 e. The minimum absolute atomic E-state index is 0.195. The molecule has 0 unspecified atom stereocenters. The molecule has 3 aromatic rings. The highest BCUT2D eigenvalue weighted by Gasteiger charge is 2.20. The second kappa shape index (κ2) is 7.00. The van der Waals surface area contributed by atoms with Crippen LogP contribution in [-0.2, 0) is 11.2 Å². The zero-order chi connectivity index (χ0) is 18.1. The van der Waals surface area contributed by atoms with E-state index in [-0.39, 0.29) is 5.91 Å². The number of amides is 1. The Morgan fingerprint density at radius 1 is 1.23 bits per heavy atom. The van der Waals surface area contributed by atoms with Crippen molar-refractivity contribution in [3.8, 4) is 0 Å². The molecule has 1 aromatic heterocycles. The van der Waals surface area contributed by atoms with Gasteiger partial charge in [-0.05, 0) is 42.2 Å². The van der Waals surface area contributed by atoms with E-state index >= 15 is 0 Å². The molecule has 2 heterocycles. The van der Waals surface area contributed by atoms with Crippen molar-refractivity contribution < 1.29 is 4.79 Å². The molecule has 1 aliphatic heterocycles. The molecule has 1 N–H and O–H groups in total. The van der Waals surface area contributed by atoms with Crippen LogP contribution in [0, 0.1) is 6.92 Å². The molecule has 2 aromatic carbocycles. The third-order valence-electron chi connectivity index (χ3n) is 5.15. The average molecular weight is 365 g/mol. The summed E-state index contributed by atoms with van der Waals surface area (Å²) in [5, 5.41) is 1.91. The van der Waals surface area contributed by atoms with Crippen LogP contribution in [0.3, 0.4) is 0 Å². The van der Waals surface area contributed by atoms with E-state index in [1.165, 1.54) is 22.1 Å². The lowest BCUT2D eigenvalue weighted by molar-refractivity contribution is -0.130. The van der Waals surface area contributed by atoms with Gasteiger partial charge in [-0.25, -0.2) is 0 Å². The summed E-state index contributed by atoms with van der Waals surface area (Å²) in [5.74, 6) is 0.195. The van der Waals surface area contributed by atoms with Crippen LogP contribution in [0.25, 0.3) is 16.5 Å². The third-order valence-corrected chi connectivity index (χ3v) is 5.39. The molecular formula is C22H21ClN2O. The maximum atomic E-state index is 12.6. The maximum absolute atomic E-state index is 12.6. The molecule has 0 fully saturated rings. The predicted molar refractivity (Wildman–Crippen MR) is 107 cm³/mol. The van der Waals surface area contributed by atoms with E-state index in [0.717, 1.165) is 29.1 Å². The van der Waals surface area contributed by atoms with Crippen molar-refractivity contribution in [1.29, 1.82) is 0 Å². The van der Waals surface area contributed by atoms with Gasteiger partial charge in [0.15, 0.2) is 0 Å². The number of rotatable bonds is 3. The molecule has 132 valence electrons. The topological polar surface area (TPSA) is 36.1 Å². The molecule has 4 heteroatoms. The van der Waals surface area contributed by atoms with Crippen molar-refractivity contribution in [1.82, 2.24) is 9.88 Å². The fourth-order valence-electron chi connectivity index (χ4n) is 3.59. The highest BCUT2D eigenvalue weighted by atomic mass is 35.5. The summed E-state index contributed by atoms with van der Waals surface area (Å²) < 4.78 is 0. The van der Waals surface area contributed by atoms with E-state index in [1.54, 1.807) is 0 Å². The largest absolute Gasteiger partial charge is 0.361 e. The molecule has 1 amide bonds. The van der Waals surface area contributed by atoms with Crippen LogP contribution in [0.4, 0.5) is 0 Å². The van der Waals surface area contributed by atoms with Crippen molar-refractivity contribution in [3.63, 3.8) is 0 Å². The first-order valence-corrected chi connectivity index (χ1v) is 9.28. The Labute approximate surface area is 158 Å². The average Bonchev–Trinajstić information content (AvgIpc) is 3.06. The summed E-state index contributed by atoms with van der Waals surface area (Å²) in [6, 6.07) is 14.0. The number of nitrogens with one attached hydrogen (secondary N) is 1. The lowest BCUT2D eigenvalue weighted by Gasteiger charge is -2.27. The Bertz CT molecular complexity index is 1000. The first kappa shape index (κ1) is 16.9. The summed E-state index contributed by atoms with van der Waals surface area (Å²) in [4.78, 5) is 17.9. The van der Waals surface area contributed by atoms with Crippen LogP contribution in [0.15, 0.2) is 54.7 Å². The van der Waals surface area contributed by atoms with Gasteiger partial charge in [-0.1, -0.05) is 48.0 Å². The molecule has 1 aliphatic rings. The quantitative estimate of drug-likeness (QED) is 0.698. The number of hydrogen-bond acceptors (Lipinski definition) is 1. The van der Waals surface area contributed by atoms with Crippen molar-refractivity contribution in [2.24, 2.45) is 0 Å². The molecule has 3 nitrogen and oxygen atoms in total. The molecule has 0 aliphatic carbocycles. The van der Waals surface area contributed by atoms with E-state index in [0.29, 0.717) is 13.0 Å². The third kappa shape index (κ3) is 3.27. The van der Waals surface area contributed by atoms with Gasteiger partial charge in [-0.3, -0.25) is 4.79 Å². The first-order chi connectivity index (χ1) is 12.6. The van der Waals surface area contributed by atoms with Crippen molar-refractivity contribution in [3.05, 3.63) is 76.5 Å². The number of hydrogen-bond donors (Lipinski definition) is 1. The van der Waals surface area contributed by atoms with Gasteiger partial charge in [0, 0.05) is 40.8 Å². The van der Waals surface area contributed by atoms with Gasteiger partial charge in [-0.2, -0.15) is 0 Å². The summed E-state index contributed by atoms with van der Waals surface area (Å²) in [5.41, 5.74) is 5.83. The lowest BCUT2D eigenvalue weighted by atomic mass is 9.98. The van der Waals surface area contributed by atoms with E-state index in [2.05, 4.69) is 30.1 Å². The molecule has 4 rings (SSSR count). The smallest absolute Gasteiger partial charge is 0.227 e. The lowest BCUT2D eigenvalue weighted by Crippen LogP contribution is -2.35. The summed E-state index contributed by atoms with van der Waals surface area (Å²) in [6.45, 7) is 3.48. The molecule has 0 saturated carbocycles. The molecular weight excluding hydrogens is 344 g/mol. The number of fused-ring (bicyclic) bond motifs is 1. The van der Waals surface area contributed by atoms with Gasteiger partial charge in [-0.15, -0.1) is 0 Å². The highest BCUT2D eigenvalue weighted by molar-refractivity contribution is 6.31. The van der Waals surface area contributed by atoms with Crippen LogP contribution in [0.2, 0.25) is 5.02 Å². The highest BCUT2D eigenvalue weighted by Crippen LogP contribution is 2.30. The zero-order valence-electron chi connectivity index (χ0n) is 14.8. The molecule has 0 spiro atoms. The Morgan fingerprint density at radius 3 is 2.85 bits per heavy atom. The fraction of sp³-hybridized carbons (Fsp3) is 0.227. The van der Waals surface area contributed by atoms with E-state index in [4.69, 9.17) is 11.6 Å². The molecule has 0 bridgehead atoms. The minimum atomic E-state index is 0.195. The Morgan fingerprint density at radius 2 is 2.08 bits per heavy atom. The fourth-order valence-corrected chi connectivity index (χ4v) is 3.76. The second-order valence-corrected chi connectivity index (χ2v) is 7.25. The number of H-pyrrole nitrogens is 1. The van der Waals surface area contributed by atoms with E-state index in [1.807, 2.05) is 41.4 Å². The minimum Gasteiger partial charge on any atom is -0.361 e. The van der Waals surface area contributed by atoms with Gasteiger partial charge >= 0.3 is 0 Å². The van der Waals surface area contributed by atoms with E-state index in [9.17, 15) is 4.79 Å². The van der Waals surface area contributed by atoms with Gasteiger partial charge in [0.05, 0.1) is 6.42 Å². The first-order valence-electron chi connectivity index (χ1n) is 8.90. The van der Waals surface area contributed by atoms with Crippen LogP contribution < -0.4 is 0 Å². The SMILES string of the molecule is Cc1ccccc1CC(=O)N1CC=C(c2c[nH]c3cc(Cl)ccc23)CC1. The number of aromatic nitrogens is 1. The van der Waals surface area contributed by atoms with E-state index < -0.39 is 0 Å². The Balaban J connectivity index is 1.49. The van der Waals surface area contributed by atoms with Gasteiger partial charge in [0.2, 0.25) is 5.91 Å². The van der Waals surface area contributed by atoms with Crippen LogP contribution in [-0.4, -0.2) is 28.9 Å². The number of carbonyl (C=O) groups is 1. The van der Waals surface area contributed by atoms with Crippen molar-refractivity contribution in [2.45, 2.75) is 19.8 Å². The summed E-state index contributed by atoms with van der Waals surface area (Å²) >= 11 is 6.07. The number of carbonyl (C=O) groups excluding carboxylic acids is 1. The second-order valence-electron chi connectivity index (χ2n) is 6.81. The molecule has 0 atom stereocenters. The monoisotopic (exact) mass is 364 g/mol. The zero-order valence-corrected chi connectivity index (χ0v) is 15.5. The van der Waals surface area contributed by atoms with Crippen LogP contribution in [0.5, 0.6) is 0 Å². The Kier molecular flexibility index (Phi) is 4.56. The number of aryl methyl sites for hydroxylation is 1. The van der Waals surface area contributed by atoms with Crippen molar-refractivity contribution in [2.75, 3.05) is 13.1 Å². The van der Waals surface area contributed by atoms with Gasteiger partial charge in [0.1, 0.15) is 0 Å². The van der Waals surface area contributed by atoms with Crippen LogP contribution >= 0.6 is 11.6 Å². The normalized spacial score (nSPS) is 14.5. The van der Waals surface area contributed by atoms with Gasteiger partial charge < -0.3 is 9.88 Å². The van der Waals surface area contributed by atoms with Gasteiger partial charge in [0.25, 0.3) is 0 Å². The van der Waals surface area contributed by atoms with Crippen molar-refractivity contribution >= 4 is 34.0 Å². The predicted octanol–water partition coefficient (Wildman–Crippen LogP) is 4.99. The van der Waals surface area contributed by atoms with Crippen LogP contribution in [0.1, 0.15) is 23.1 Å². The number of nitrogens with zero attached hydrogens (tertiary/aromatic N) is 1. The molecule has 0 saturated heterocycles.